The third kappa shape index (κ3) is 2.22. The van der Waals surface area contributed by atoms with Crippen molar-refractivity contribution in [2.45, 2.75) is 12.5 Å². The van der Waals surface area contributed by atoms with Crippen LogP contribution in [0.15, 0.2) is 24.3 Å². The van der Waals surface area contributed by atoms with E-state index in [2.05, 4.69) is 12.6 Å². The van der Waals surface area contributed by atoms with E-state index in [-0.39, 0.29) is 5.82 Å². The Labute approximate surface area is 76.6 Å². The largest absolute Gasteiger partial charge is 0.388 e. The molecule has 0 aliphatic heterocycles. The molecule has 1 unspecified atom stereocenters. The molecule has 0 bridgehead atoms. The predicted octanol–water partition coefficient (Wildman–Crippen LogP) is 2.18. The maximum Gasteiger partial charge on any atom is 0.128 e. The van der Waals surface area contributed by atoms with Crippen LogP contribution in [0.4, 0.5) is 4.39 Å². The van der Waals surface area contributed by atoms with E-state index in [0.717, 1.165) is 0 Å². The zero-order valence-corrected chi connectivity index (χ0v) is 7.47. The van der Waals surface area contributed by atoms with Gasteiger partial charge in [0.25, 0.3) is 0 Å². The Morgan fingerprint density at radius 2 is 2.08 bits per heavy atom. The number of rotatable bonds is 3. The standard InChI is InChI=1S/C9H11FOS/c10-8-4-2-1-3-7(8)9(11)5-6-12/h1-4,9,11-12H,5-6H2. The Balaban J connectivity index is 2.79. The summed E-state index contributed by atoms with van der Waals surface area (Å²) in [6, 6.07) is 6.24. The molecular weight excluding hydrogens is 175 g/mol. The van der Waals surface area contributed by atoms with Crippen molar-refractivity contribution < 1.29 is 9.50 Å². The van der Waals surface area contributed by atoms with Crippen molar-refractivity contribution in [3.05, 3.63) is 35.6 Å². The summed E-state index contributed by atoms with van der Waals surface area (Å²) in [5.41, 5.74) is 0.353. The van der Waals surface area contributed by atoms with Gasteiger partial charge >= 0.3 is 0 Å². The van der Waals surface area contributed by atoms with Crippen LogP contribution in [0.2, 0.25) is 0 Å². The van der Waals surface area contributed by atoms with E-state index in [4.69, 9.17) is 0 Å². The lowest BCUT2D eigenvalue weighted by atomic mass is 10.1. The summed E-state index contributed by atoms with van der Waals surface area (Å²) >= 11 is 3.96. The molecule has 12 heavy (non-hydrogen) atoms. The smallest absolute Gasteiger partial charge is 0.128 e. The van der Waals surface area contributed by atoms with E-state index in [1.165, 1.54) is 6.07 Å². The van der Waals surface area contributed by atoms with Crippen LogP contribution in [0.3, 0.4) is 0 Å². The fourth-order valence-electron chi connectivity index (χ4n) is 1.02. The maximum atomic E-state index is 13.0. The van der Waals surface area contributed by atoms with E-state index in [1.54, 1.807) is 18.2 Å². The third-order valence-corrected chi connectivity index (χ3v) is 1.92. The Kier molecular flexibility index (Phi) is 3.56. The fraction of sp³-hybridized carbons (Fsp3) is 0.333. The topological polar surface area (TPSA) is 20.2 Å². The van der Waals surface area contributed by atoms with Gasteiger partial charge in [-0.15, -0.1) is 0 Å². The second-order valence-corrected chi connectivity index (χ2v) is 3.00. The van der Waals surface area contributed by atoms with Gasteiger partial charge in [0, 0.05) is 5.56 Å². The number of hydrogen-bond acceptors (Lipinski definition) is 2. The van der Waals surface area contributed by atoms with E-state index >= 15 is 0 Å². The predicted molar refractivity (Wildman–Crippen MR) is 49.8 cm³/mol. The molecule has 0 spiro atoms. The molecule has 0 heterocycles. The SMILES string of the molecule is OC(CCS)c1ccccc1F. The van der Waals surface area contributed by atoms with Gasteiger partial charge in [0.05, 0.1) is 6.10 Å². The lowest BCUT2D eigenvalue weighted by Crippen LogP contribution is -2.00. The van der Waals surface area contributed by atoms with Crippen molar-refractivity contribution in [3.63, 3.8) is 0 Å². The minimum atomic E-state index is -0.733. The first-order valence-corrected chi connectivity index (χ1v) is 4.42. The first-order valence-electron chi connectivity index (χ1n) is 3.79. The van der Waals surface area contributed by atoms with Gasteiger partial charge in [-0.3, -0.25) is 0 Å². The Morgan fingerprint density at radius 1 is 1.42 bits per heavy atom. The average Bonchev–Trinajstić information content (AvgIpc) is 2.05. The van der Waals surface area contributed by atoms with E-state index in [9.17, 15) is 9.50 Å². The van der Waals surface area contributed by atoms with Gasteiger partial charge in [0.1, 0.15) is 5.82 Å². The molecule has 3 heteroatoms. The molecule has 0 saturated carbocycles. The molecule has 1 aromatic rings. The van der Waals surface area contributed by atoms with Crippen LogP contribution in [0.5, 0.6) is 0 Å². The molecule has 1 atom stereocenters. The second-order valence-electron chi connectivity index (χ2n) is 2.55. The molecule has 1 aromatic carbocycles. The number of hydrogen-bond donors (Lipinski definition) is 2. The first-order chi connectivity index (χ1) is 5.75. The second kappa shape index (κ2) is 4.48. The van der Waals surface area contributed by atoms with Crippen LogP contribution in [0.25, 0.3) is 0 Å². The molecule has 0 radical (unpaired) electrons. The lowest BCUT2D eigenvalue weighted by Gasteiger charge is -2.09. The van der Waals surface area contributed by atoms with Gasteiger partial charge in [0.15, 0.2) is 0 Å². The van der Waals surface area contributed by atoms with Gasteiger partial charge < -0.3 is 5.11 Å². The fourth-order valence-corrected chi connectivity index (χ4v) is 1.27. The van der Waals surface area contributed by atoms with Crippen molar-refractivity contribution in [2.24, 2.45) is 0 Å². The molecule has 0 aliphatic carbocycles. The van der Waals surface area contributed by atoms with Crippen molar-refractivity contribution >= 4 is 12.6 Å². The Hall–Kier alpha value is -0.540. The van der Waals surface area contributed by atoms with Crippen LogP contribution in [0.1, 0.15) is 18.1 Å². The summed E-state index contributed by atoms with van der Waals surface area (Å²) in [7, 11) is 0. The molecular formula is C9H11FOS. The average molecular weight is 186 g/mol. The van der Waals surface area contributed by atoms with Crippen molar-refractivity contribution in [3.8, 4) is 0 Å². The highest BCUT2D eigenvalue weighted by Gasteiger charge is 2.10. The van der Waals surface area contributed by atoms with Gasteiger partial charge in [-0.05, 0) is 18.2 Å². The highest BCUT2D eigenvalue weighted by molar-refractivity contribution is 7.80. The summed E-state index contributed by atoms with van der Waals surface area (Å²) < 4.78 is 13.0. The minimum Gasteiger partial charge on any atom is -0.388 e. The van der Waals surface area contributed by atoms with E-state index in [0.29, 0.717) is 17.7 Å². The summed E-state index contributed by atoms with van der Waals surface area (Å²) in [5, 5.41) is 9.41. The molecule has 0 amide bonds. The number of benzene rings is 1. The molecule has 66 valence electrons. The quantitative estimate of drug-likeness (QED) is 0.693. The summed E-state index contributed by atoms with van der Waals surface area (Å²) in [6.45, 7) is 0. The first kappa shape index (κ1) is 9.55. The highest BCUT2D eigenvalue weighted by atomic mass is 32.1. The number of aliphatic hydroxyl groups is 1. The summed E-state index contributed by atoms with van der Waals surface area (Å²) in [6.07, 6.45) is -0.256. The van der Waals surface area contributed by atoms with Crippen LogP contribution in [0, 0.1) is 5.82 Å². The van der Waals surface area contributed by atoms with Gasteiger partial charge in [-0.1, -0.05) is 18.2 Å². The van der Waals surface area contributed by atoms with Gasteiger partial charge in [-0.25, -0.2) is 4.39 Å². The summed E-state index contributed by atoms with van der Waals surface area (Å²) in [5.74, 6) is 0.196. The van der Waals surface area contributed by atoms with Crippen molar-refractivity contribution in [1.29, 1.82) is 0 Å². The number of aliphatic hydroxyl groups excluding tert-OH is 1. The molecule has 0 saturated heterocycles. The molecule has 0 aliphatic rings. The molecule has 1 nitrogen and oxygen atoms in total. The highest BCUT2D eigenvalue weighted by Crippen LogP contribution is 2.19. The Bertz CT molecular complexity index is 252. The molecule has 1 N–H and O–H groups in total. The number of halogens is 1. The lowest BCUT2D eigenvalue weighted by molar-refractivity contribution is 0.170. The van der Waals surface area contributed by atoms with Crippen LogP contribution < -0.4 is 0 Å². The van der Waals surface area contributed by atoms with Crippen molar-refractivity contribution in [1.82, 2.24) is 0 Å². The van der Waals surface area contributed by atoms with Crippen LogP contribution in [-0.4, -0.2) is 10.9 Å². The molecule has 0 aromatic heterocycles. The van der Waals surface area contributed by atoms with Gasteiger partial charge in [-0.2, -0.15) is 12.6 Å². The summed E-state index contributed by atoms with van der Waals surface area (Å²) in [4.78, 5) is 0. The monoisotopic (exact) mass is 186 g/mol. The van der Waals surface area contributed by atoms with Crippen LogP contribution >= 0.6 is 12.6 Å². The van der Waals surface area contributed by atoms with E-state index < -0.39 is 6.10 Å². The maximum absolute atomic E-state index is 13.0. The van der Waals surface area contributed by atoms with Crippen LogP contribution in [-0.2, 0) is 0 Å². The van der Waals surface area contributed by atoms with E-state index in [1.807, 2.05) is 0 Å². The zero-order valence-electron chi connectivity index (χ0n) is 6.57. The van der Waals surface area contributed by atoms with Gasteiger partial charge in [0.2, 0.25) is 0 Å². The Morgan fingerprint density at radius 3 is 2.67 bits per heavy atom. The minimum absolute atomic E-state index is 0.353. The van der Waals surface area contributed by atoms with Crippen molar-refractivity contribution in [2.75, 3.05) is 5.75 Å². The number of thiol groups is 1. The molecule has 1 rings (SSSR count). The zero-order chi connectivity index (χ0) is 8.97. The molecule has 0 fully saturated rings. The third-order valence-electron chi connectivity index (χ3n) is 1.67. The normalized spacial score (nSPS) is 12.9.